The van der Waals surface area contributed by atoms with Gasteiger partial charge < -0.3 is 10.2 Å². The molecule has 82 valence electrons. The van der Waals surface area contributed by atoms with E-state index in [2.05, 4.69) is 17.2 Å². The average Bonchev–Trinajstić information content (AvgIpc) is 2.31. The quantitative estimate of drug-likeness (QED) is 0.797. The predicted molar refractivity (Wildman–Crippen MR) is 58.7 cm³/mol. The summed E-state index contributed by atoms with van der Waals surface area (Å²) in [6.45, 7) is 5.88. The first-order chi connectivity index (χ1) is 7.38. The van der Waals surface area contributed by atoms with Crippen molar-refractivity contribution in [2.45, 2.75) is 13.3 Å². The van der Waals surface area contributed by atoms with Crippen LogP contribution in [0.15, 0.2) is 18.2 Å². The molecule has 1 aliphatic heterocycles. The molecule has 0 amide bonds. The number of rotatable bonds is 3. The highest BCUT2D eigenvalue weighted by Gasteiger charge is 2.11. The molecule has 1 fully saturated rings. The van der Waals surface area contributed by atoms with Crippen LogP contribution in [-0.2, 0) is 6.42 Å². The fraction of sp³-hybridized carbons (Fsp3) is 0.545. The van der Waals surface area contributed by atoms with Gasteiger partial charge in [0.15, 0.2) is 0 Å². The van der Waals surface area contributed by atoms with Crippen LogP contribution < -0.4 is 10.2 Å². The summed E-state index contributed by atoms with van der Waals surface area (Å²) in [5.74, 6) is 0.705. The van der Waals surface area contributed by atoms with Crippen LogP contribution in [0.5, 0.6) is 5.88 Å². The Labute approximate surface area is 90.2 Å². The molecule has 4 nitrogen and oxygen atoms in total. The monoisotopic (exact) mass is 207 g/mol. The van der Waals surface area contributed by atoms with E-state index >= 15 is 0 Å². The molecule has 0 spiro atoms. The number of nitrogens with zero attached hydrogens (tertiary/aromatic N) is 2. The molecular formula is C11H17N3O. The van der Waals surface area contributed by atoms with Gasteiger partial charge in [-0.2, -0.15) is 0 Å². The Morgan fingerprint density at radius 1 is 1.40 bits per heavy atom. The summed E-state index contributed by atoms with van der Waals surface area (Å²) < 4.78 is 0. The van der Waals surface area contributed by atoms with Gasteiger partial charge in [-0.1, -0.05) is 13.0 Å². The molecule has 2 rings (SSSR count). The molecule has 0 saturated carbocycles. The number of aromatic nitrogens is 1. The maximum atomic E-state index is 5.68. The SMILES string of the molecule is CCc1cccc(ON2CCNCC2)n1. The summed E-state index contributed by atoms with van der Waals surface area (Å²) in [5.41, 5.74) is 1.07. The Hall–Kier alpha value is -1.13. The molecular weight excluding hydrogens is 190 g/mol. The zero-order valence-corrected chi connectivity index (χ0v) is 9.07. The van der Waals surface area contributed by atoms with Gasteiger partial charge in [0.05, 0.1) is 0 Å². The smallest absolute Gasteiger partial charge is 0.238 e. The highest BCUT2D eigenvalue weighted by atomic mass is 16.7. The summed E-state index contributed by atoms with van der Waals surface area (Å²) in [6, 6.07) is 5.91. The molecule has 4 heteroatoms. The van der Waals surface area contributed by atoms with Crippen molar-refractivity contribution in [1.29, 1.82) is 0 Å². The summed E-state index contributed by atoms with van der Waals surface area (Å²) in [7, 11) is 0. The molecule has 1 aromatic rings. The minimum absolute atomic E-state index is 0.705. The lowest BCUT2D eigenvalue weighted by Gasteiger charge is -2.26. The van der Waals surface area contributed by atoms with Gasteiger partial charge in [0.1, 0.15) is 0 Å². The van der Waals surface area contributed by atoms with E-state index in [0.717, 1.165) is 38.3 Å². The molecule has 0 radical (unpaired) electrons. The molecule has 0 aromatic carbocycles. The van der Waals surface area contributed by atoms with Gasteiger partial charge in [0.25, 0.3) is 0 Å². The number of hydrogen-bond acceptors (Lipinski definition) is 4. The second-order valence-corrected chi connectivity index (χ2v) is 3.59. The van der Waals surface area contributed by atoms with E-state index in [1.54, 1.807) is 0 Å². The second-order valence-electron chi connectivity index (χ2n) is 3.59. The predicted octanol–water partition coefficient (Wildman–Crippen LogP) is 0.843. The molecule has 1 aliphatic rings. The highest BCUT2D eigenvalue weighted by molar-refractivity contribution is 5.15. The van der Waals surface area contributed by atoms with Crippen LogP contribution in [0, 0.1) is 0 Å². The zero-order valence-electron chi connectivity index (χ0n) is 9.07. The van der Waals surface area contributed by atoms with Crippen molar-refractivity contribution < 1.29 is 4.84 Å². The summed E-state index contributed by atoms with van der Waals surface area (Å²) in [4.78, 5) is 10.1. The first kappa shape index (κ1) is 10.4. The van der Waals surface area contributed by atoms with E-state index in [9.17, 15) is 0 Å². The maximum Gasteiger partial charge on any atom is 0.238 e. The summed E-state index contributed by atoms with van der Waals surface area (Å²) in [6.07, 6.45) is 0.943. The van der Waals surface area contributed by atoms with Crippen molar-refractivity contribution in [3.63, 3.8) is 0 Å². The van der Waals surface area contributed by atoms with Crippen molar-refractivity contribution in [3.8, 4) is 5.88 Å². The van der Waals surface area contributed by atoms with E-state index < -0.39 is 0 Å². The largest absolute Gasteiger partial charge is 0.386 e. The van der Waals surface area contributed by atoms with Crippen LogP contribution in [0.25, 0.3) is 0 Å². The number of aryl methyl sites for hydroxylation is 1. The van der Waals surface area contributed by atoms with Crippen molar-refractivity contribution in [3.05, 3.63) is 23.9 Å². The number of nitrogens with one attached hydrogen (secondary N) is 1. The van der Waals surface area contributed by atoms with Crippen LogP contribution in [0.4, 0.5) is 0 Å². The normalized spacial score (nSPS) is 17.7. The summed E-state index contributed by atoms with van der Waals surface area (Å²) >= 11 is 0. The van der Waals surface area contributed by atoms with Gasteiger partial charge in [0, 0.05) is 37.9 Å². The van der Waals surface area contributed by atoms with E-state index in [1.165, 1.54) is 0 Å². The Morgan fingerprint density at radius 2 is 2.20 bits per heavy atom. The van der Waals surface area contributed by atoms with E-state index in [0.29, 0.717) is 5.88 Å². The van der Waals surface area contributed by atoms with Crippen LogP contribution in [-0.4, -0.2) is 36.2 Å². The third-order valence-corrected chi connectivity index (χ3v) is 2.44. The molecule has 0 unspecified atom stereocenters. The van der Waals surface area contributed by atoms with Crippen LogP contribution in [0.2, 0.25) is 0 Å². The van der Waals surface area contributed by atoms with Gasteiger partial charge in [-0.15, -0.1) is 5.06 Å². The molecule has 1 N–H and O–H groups in total. The van der Waals surface area contributed by atoms with Gasteiger partial charge in [-0.05, 0) is 12.5 Å². The van der Waals surface area contributed by atoms with Crippen molar-refractivity contribution in [2.24, 2.45) is 0 Å². The molecule has 0 atom stereocenters. The fourth-order valence-electron chi connectivity index (χ4n) is 1.57. The topological polar surface area (TPSA) is 37.4 Å². The van der Waals surface area contributed by atoms with Crippen LogP contribution in [0.1, 0.15) is 12.6 Å². The Balaban J connectivity index is 1.96. The lowest BCUT2D eigenvalue weighted by atomic mass is 10.3. The minimum Gasteiger partial charge on any atom is -0.386 e. The second kappa shape index (κ2) is 5.09. The van der Waals surface area contributed by atoms with E-state index in [1.807, 2.05) is 23.3 Å². The van der Waals surface area contributed by atoms with Gasteiger partial charge in [0.2, 0.25) is 5.88 Å². The number of piperazine rings is 1. The number of pyridine rings is 1. The molecule has 15 heavy (non-hydrogen) atoms. The Kier molecular flexibility index (Phi) is 3.53. The van der Waals surface area contributed by atoms with Gasteiger partial charge in [-0.25, -0.2) is 4.98 Å². The van der Waals surface area contributed by atoms with Crippen LogP contribution >= 0.6 is 0 Å². The molecule has 2 heterocycles. The van der Waals surface area contributed by atoms with E-state index in [4.69, 9.17) is 4.84 Å². The first-order valence-corrected chi connectivity index (χ1v) is 5.48. The zero-order chi connectivity index (χ0) is 10.5. The Bertz CT molecular complexity index is 310. The fourth-order valence-corrected chi connectivity index (χ4v) is 1.57. The van der Waals surface area contributed by atoms with Crippen molar-refractivity contribution >= 4 is 0 Å². The summed E-state index contributed by atoms with van der Waals surface area (Å²) in [5, 5.41) is 5.24. The highest BCUT2D eigenvalue weighted by Crippen LogP contribution is 2.10. The maximum absolute atomic E-state index is 5.68. The molecule has 0 bridgehead atoms. The molecule has 1 aromatic heterocycles. The van der Waals surface area contributed by atoms with Crippen molar-refractivity contribution in [1.82, 2.24) is 15.4 Å². The molecule has 1 saturated heterocycles. The standard InChI is InChI=1S/C11H17N3O/c1-2-10-4-3-5-11(13-10)15-14-8-6-12-7-9-14/h3-5,12H,2,6-9H2,1H3. The third-order valence-electron chi connectivity index (χ3n) is 2.44. The van der Waals surface area contributed by atoms with E-state index in [-0.39, 0.29) is 0 Å². The molecule has 0 aliphatic carbocycles. The van der Waals surface area contributed by atoms with Crippen molar-refractivity contribution in [2.75, 3.05) is 26.2 Å². The first-order valence-electron chi connectivity index (χ1n) is 5.48. The number of hydroxylamine groups is 2. The van der Waals surface area contributed by atoms with Gasteiger partial charge >= 0.3 is 0 Å². The lowest BCUT2D eigenvalue weighted by molar-refractivity contribution is -0.0704. The minimum atomic E-state index is 0.705. The number of hydrogen-bond donors (Lipinski definition) is 1. The van der Waals surface area contributed by atoms with Crippen LogP contribution in [0.3, 0.4) is 0 Å². The Morgan fingerprint density at radius 3 is 2.93 bits per heavy atom. The average molecular weight is 207 g/mol. The van der Waals surface area contributed by atoms with Gasteiger partial charge in [-0.3, -0.25) is 0 Å². The third kappa shape index (κ3) is 2.91. The lowest BCUT2D eigenvalue weighted by Crippen LogP contribution is -2.45.